The SMILES string of the molecule is Cc1ccc(CCN)c(C)c1C(=O)O. The maximum absolute atomic E-state index is 11.0. The van der Waals surface area contributed by atoms with E-state index < -0.39 is 5.97 Å². The third-order valence-electron chi connectivity index (χ3n) is 2.41. The third kappa shape index (κ3) is 1.93. The highest BCUT2D eigenvalue weighted by atomic mass is 16.4. The monoisotopic (exact) mass is 193 g/mol. The molecule has 0 aliphatic heterocycles. The van der Waals surface area contributed by atoms with Crippen molar-refractivity contribution >= 4 is 5.97 Å². The highest BCUT2D eigenvalue weighted by Crippen LogP contribution is 2.18. The lowest BCUT2D eigenvalue weighted by atomic mass is 9.96. The molecule has 1 rings (SSSR count). The maximum Gasteiger partial charge on any atom is 0.336 e. The molecule has 0 amide bonds. The van der Waals surface area contributed by atoms with Crippen LogP contribution in [-0.2, 0) is 6.42 Å². The summed E-state index contributed by atoms with van der Waals surface area (Å²) in [6.07, 6.45) is 0.729. The molecule has 0 atom stereocenters. The summed E-state index contributed by atoms with van der Waals surface area (Å²) in [6, 6.07) is 3.78. The lowest BCUT2D eigenvalue weighted by molar-refractivity contribution is 0.0695. The van der Waals surface area contributed by atoms with Gasteiger partial charge in [-0.15, -0.1) is 0 Å². The third-order valence-corrected chi connectivity index (χ3v) is 2.41. The molecule has 1 aromatic carbocycles. The van der Waals surface area contributed by atoms with Crippen LogP contribution in [0.2, 0.25) is 0 Å². The predicted octanol–water partition coefficient (Wildman–Crippen LogP) is 1.50. The molecule has 3 nitrogen and oxygen atoms in total. The van der Waals surface area contributed by atoms with Crippen LogP contribution in [0, 0.1) is 13.8 Å². The van der Waals surface area contributed by atoms with Crippen molar-refractivity contribution in [2.24, 2.45) is 5.73 Å². The topological polar surface area (TPSA) is 63.3 Å². The molecule has 0 saturated heterocycles. The van der Waals surface area contributed by atoms with Gasteiger partial charge in [0.2, 0.25) is 0 Å². The number of hydrogen-bond acceptors (Lipinski definition) is 2. The average Bonchev–Trinajstić information content (AvgIpc) is 2.10. The second kappa shape index (κ2) is 4.24. The lowest BCUT2D eigenvalue weighted by Gasteiger charge is -2.10. The Bertz CT molecular complexity index is 359. The van der Waals surface area contributed by atoms with Crippen LogP contribution >= 0.6 is 0 Å². The van der Waals surface area contributed by atoms with Crippen molar-refractivity contribution in [3.63, 3.8) is 0 Å². The number of carboxylic acid groups (broad SMARTS) is 1. The quantitative estimate of drug-likeness (QED) is 0.764. The number of carbonyl (C=O) groups is 1. The molecular formula is C11H15NO2. The number of rotatable bonds is 3. The molecule has 0 saturated carbocycles. The smallest absolute Gasteiger partial charge is 0.336 e. The van der Waals surface area contributed by atoms with Gasteiger partial charge < -0.3 is 10.8 Å². The first-order valence-electron chi connectivity index (χ1n) is 4.60. The molecule has 0 spiro atoms. The molecule has 3 N–H and O–H groups in total. The Morgan fingerprint density at radius 2 is 2.07 bits per heavy atom. The van der Waals surface area contributed by atoms with Crippen molar-refractivity contribution < 1.29 is 9.90 Å². The van der Waals surface area contributed by atoms with Crippen molar-refractivity contribution in [3.8, 4) is 0 Å². The van der Waals surface area contributed by atoms with Crippen LogP contribution in [0.4, 0.5) is 0 Å². The zero-order valence-electron chi connectivity index (χ0n) is 8.50. The van der Waals surface area contributed by atoms with Gasteiger partial charge in [0.05, 0.1) is 5.56 Å². The summed E-state index contributed by atoms with van der Waals surface area (Å²) in [6.45, 7) is 4.19. The van der Waals surface area contributed by atoms with Crippen LogP contribution in [0.3, 0.4) is 0 Å². The first-order valence-corrected chi connectivity index (χ1v) is 4.60. The largest absolute Gasteiger partial charge is 0.478 e. The van der Waals surface area contributed by atoms with E-state index in [2.05, 4.69) is 0 Å². The molecule has 3 heteroatoms. The number of nitrogens with two attached hydrogens (primary N) is 1. The fourth-order valence-electron chi connectivity index (χ4n) is 1.65. The lowest BCUT2D eigenvalue weighted by Crippen LogP contribution is -2.09. The average molecular weight is 193 g/mol. The van der Waals surface area contributed by atoms with E-state index in [4.69, 9.17) is 10.8 Å². The molecule has 0 aliphatic rings. The first-order chi connectivity index (χ1) is 6.57. The predicted molar refractivity (Wildman–Crippen MR) is 55.6 cm³/mol. The van der Waals surface area contributed by atoms with Crippen LogP contribution < -0.4 is 5.73 Å². The van der Waals surface area contributed by atoms with Gasteiger partial charge in [0.1, 0.15) is 0 Å². The molecular weight excluding hydrogens is 178 g/mol. The number of aromatic carboxylic acids is 1. The zero-order chi connectivity index (χ0) is 10.7. The van der Waals surface area contributed by atoms with E-state index in [0.717, 1.165) is 23.1 Å². The maximum atomic E-state index is 11.0. The van der Waals surface area contributed by atoms with Crippen molar-refractivity contribution in [3.05, 3.63) is 34.4 Å². The molecule has 1 aromatic rings. The summed E-state index contributed by atoms with van der Waals surface area (Å²) in [5.41, 5.74) is 8.52. The Morgan fingerprint density at radius 3 is 2.57 bits per heavy atom. The minimum absolute atomic E-state index is 0.413. The fourth-order valence-corrected chi connectivity index (χ4v) is 1.65. The van der Waals surface area contributed by atoms with Gasteiger partial charge in [0.25, 0.3) is 0 Å². The van der Waals surface area contributed by atoms with Gasteiger partial charge in [-0.25, -0.2) is 4.79 Å². The Balaban J connectivity index is 3.26. The molecule has 0 aliphatic carbocycles. The highest BCUT2D eigenvalue weighted by Gasteiger charge is 2.12. The van der Waals surface area contributed by atoms with Crippen LogP contribution in [0.25, 0.3) is 0 Å². The molecule has 0 aromatic heterocycles. The molecule has 76 valence electrons. The number of carboxylic acids is 1. The summed E-state index contributed by atoms with van der Waals surface area (Å²) in [5, 5.41) is 9.01. The minimum atomic E-state index is -0.862. The number of benzene rings is 1. The summed E-state index contributed by atoms with van der Waals surface area (Å²) in [4.78, 5) is 11.0. The van der Waals surface area contributed by atoms with Crippen LogP contribution in [-0.4, -0.2) is 17.6 Å². The Hall–Kier alpha value is -1.35. The van der Waals surface area contributed by atoms with Crippen molar-refractivity contribution in [2.75, 3.05) is 6.54 Å². The van der Waals surface area contributed by atoms with E-state index in [9.17, 15) is 4.79 Å². The van der Waals surface area contributed by atoms with Gasteiger partial charge in [-0.1, -0.05) is 12.1 Å². The van der Waals surface area contributed by atoms with Gasteiger partial charge in [-0.3, -0.25) is 0 Å². The van der Waals surface area contributed by atoms with E-state index in [1.807, 2.05) is 26.0 Å². The molecule has 0 bridgehead atoms. The van der Waals surface area contributed by atoms with Crippen molar-refractivity contribution in [2.45, 2.75) is 20.3 Å². The van der Waals surface area contributed by atoms with E-state index in [-0.39, 0.29) is 0 Å². The number of hydrogen-bond donors (Lipinski definition) is 2. The highest BCUT2D eigenvalue weighted by molar-refractivity contribution is 5.91. The molecule has 0 heterocycles. The second-order valence-corrected chi connectivity index (χ2v) is 3.39. The summed E-state index contributed by atoms with van der Waals surface area (Å²) >= 11 is 0. The van der Waals surface area contributed by atoms with E-state index in [1.165, 1.54) is 0 Å². The second-order valence-electron chi connectivity index (χ2n) is 3.39. The standard InChI is InChI=1S/C11H15NO2/c1-7-3-4-9(5-6-12)8(2)10(7)11(13)14/h3-4H,5-6,12H2,1-2H3,(H,13,14). The normalized spacial score (nSPS) is 10.2. The van der Waals surface area contributed by atoms with Crippen LogP contribution in [0.15, 0.2) is 12.1 Å². The fraction of sp³-hybridized carbons (Fsp3) is 0.364. The Morgan fingerprint density at radius 1 is 1.43 bits per heavy atom. The van der Waals surface area contributed by atoms with Gasteiger partial charge in [-0.05, 0) is 43.5 Å². The number of aryl methyl sites for hydroxylation is 1. The summed E-state index contributed by atoms with van der Waals surface area (Å²) in [7, 11) is 0. The Labute approximate surface area is 83.6 Å². The first kappa shape index (κ1) is 10.7. The molecule has 0 fully saturated rings. The van der Waals surface area contributed by atoms with Crippen LogP contribution in [0.5, 0.6) is 0 Å². The minimum Gasteiger partial charge on any atom is -0.478 e. The van der Waals surface area contributed by atoms with Crippen LogP contribution in [0.1, 0.15) is 27.0 Å². The molecule has 0 unspecified atom stereocenters. The van der Waals surface area contributed by atoms with Gasteiger partial charge in [0.15, 0.2) is 0 Å². The zero-order valence-corrected chi connectivity index (χ0v) is 8.50. The summed E-state index contributed by atoms with van der Waals surface area (Å²) < 4.78 is 0. The molecule has 0 radical (unpaired) electrons. The molecule has 14 heavy (non-hydrogen) atoms. The van der Waals surface area contributed by atoms with Gasteiger partial charge in [-0.2, -0.15) is 0 Å². The van der Waals surface area contributed by atoms with E-state index >= 15 is 0 Å². The van der Waals surface area contributed by atoms with E-state index in [0.29, 0.717) is 12.1 Å². The Kier molecular flexibility index (Phi) is 3.25. The van der Waals surface area contributed by atoms with E-state index in [1.54, 1.807) is 0 Å². The van der Waals surface area contributed by atoms with Crippen molar-refractivity contribution in [1.82, 2.24) is 0 Å². The van der Waals surface area contributed by atoms with Gasteiger partial charge in [0, 0.05) is 0 Å². The summed E-state index contributed by atoms with van der Waals surface area (Å²) in [5.74, 6) is -0.862. The van der Waals surface area contributed by atoms with Gasteiger partial charge >= 0.3 is 5.97 Å². The van der Waals surface area contributed by atoms with Crippen molar-refractivity contribution in [1.29, 1.82) is 0 Å².